The third kappa shape index (κ3) is 5.77. The predicted octanol–water partition coefficient (Wildman–Crippen LogP) is 2.71. The molecule has 0 fully saturated rings. The molecule has 0 radical (unpaired) electrons. The molecule has 0 aromatic heterocycles. The molecule has 0 aliphatic heterocycles. The van der Waals surface area contributed by atoms with Gasteiger partial charge in [-0.05, 0) is 12.8 Å². The van der Waals surface area contributed by atoms with Crippen LogP contribution in [0.2, 0.25) is 0 Å². The second-order valence-electron chi connectivity index (χ2n) is 1.23. The molecule has 1 heteroatoms. The Morgan fingerprint density at radius 2 is 2.14 bits per heavy atom. The summed E-state index contributed by atoms with van der Waals surface area (Å²) in [5, 5.41) is 0. The van der Waals surface area contributed by atoms with Gasteiger partial charge in [0.15, 0.2) is 0 Å². The lowest BCUT2D eigenvalue weighted by molar-refractivity contribution is 1.06. The number of unbranched alkanes of at least 4 members (excludes halogenated alkanes) is 1. The Morgan fingerprint density at radius 3 is 2.57 bits per heavy atom. The van der Waals surface area contributed by atoms with Crippen molar-refractivity contribution in [2.75, 3.05) is 0 Å². The molecule has 0 nitrogen and oxygen atoms in total. The van der Waals surface area contributed by atoms with Gasteiger partial charge in [0.05, 0.1) is 0 Å². The quantitative estimate of drug-likeness (QED) is 0.393. The fourth-order valence-corrected chi connectivity index (χ4v) is 0.403. The van der Waals surface area contributed by atoms with E-state index in [0.29, 0.717) is 0 Å². The van der Waals surface area contributed by atoms with Crippen molar-refractivity contribution in [1.82, 2.24) is 0 Å². The van der Waals surface area contributed by atoms with Crippen molar-refractivity contribution < 1.29 is 0 Å². The van der Waals surface area contributed by atoms with Gasteiger partial charge in [0, 0.05) is 5.54 Å². The molecule has 0 aliphatic rings. The van der Waals surface area contributed by atoms with Crippen molar-refractivity contribution in [2.45, 2.75) is 12.8 Å². The fourth-order valence-electron chi connectivity index (χ4n) is 0.277. The molecule has 0 aromatic carbocycles. The van der Waals surface area contributed by atoms with Crippen LogP contribution in [-0.4, -0.2) is 0 Å². The minimum Gasteiger partial charge on any atom is -0.103 e. The number of allylic oxidation sites excluding steroid dienone is 2. The van der Waals surface area contributed by atoms with E-state index in [9.17, 15) is 0 Å². The van der Waals surface area contributed by atoms with E-state index < -0.39 is 0 Å². The molecular weight excluding hydrogens is 108 g/mol. The van der Waals surface area contributed by atoms with E-state index in [1.807, 2.05) is 12.2 Å². The lowest BCUT2D eigenvalue weighted by Crippen LogP contribution is -1.57. The summed E-state index contributed by atoms with van der Waals surface area (Å²) >= 11 is 5.22. The third-order valence-electron chi connectivity index (χ3n) is 0.627. The molecule has 0 amide bonds. The van der Waals surface area contributed by atoms with Gasteiger partial charge in [0.25, 0.3) is 0 Å². The summed E-state index contributed by atoms with van der Waals surface area (Å²) in [7, 11) is 0. The van der Waals surface area contributed by atoms with Crippen molar-refractivity contribution in [3.05, 3.63) is 24.3 Å². The van der Waals surface area contributed by atoms with Crippen LogP contribution < -0.4 is 0 Å². The first-order chi connectivity index (χ1) is 3.41. The first-order valence-corrected chi connectivity index (χ1v) is 2.71. The predicted molar refractivity (Wildman–Crippen MR) is 34.4 cm³/mol. The van der Waals surface area contributed by atoms with Crippen LogP contribution in [0.3, 0.4) is 0 Å². The number of halogens is 1. The highest BCUT2D eigenvalue weighted by atomic mass is 35.5. The normalized spacial score (nSPS) is 9.86. The summed E-state index contributed by atoms with van der Waals surface area (Å²) in [6.45, 7) is 3.56. The average molecular weight is 117 g/mol. The van der Waals surface area contributed by atoms with E-state index in [4.69, 9.17) is 11.6 Å². The second kappa shape index (κ2) is 5.77. The highest BCUT2D eigenvalue weighted by molar-refractivity contribution is 6.25. The minimum absolute atomic E-state index is 1.01. The van der Waals surface area contributed by atoms with Gasteiger partial charge in [-0.1, -0.05) is 23.8 Å². The van der Waals surface area contributed by atoms with Gasteiger partial charge >= 0.3 is 0 Å². The van der Waals surface area contributed by atoms with Crippen LogP contribution >= 0.6 is 11.6 Å². The van der Waals surface area contributed by atoms with Gasteiger partial charge in [-0.15, -0.1) is 6.58 Å². The van der Waals surface area contributed by atoms with E-state index >= 15 is 0 Å². The zero-order chi connectivity index (χ0) is 5.54. The summed E-state index contributed by atoms with van der Waals surface area (Å²) in [5.41, 5.74) is 1.53. The molecule has 0 bridgehead atoms. The van der Waals surface area contributed by atoms with Crippen LogP contribution in [0.5, 0.6) is 0 Å². The van der Waals surface area contributed by atoms with Crippen molar-refractivity contribution in [2.24, 2.45) is 0 Å². The summed E-state index contributed by atoms with van der Waals surface area (Å²) < 4.78 is 0. The standard InChI is InChI=1S/C6H9Cl/c1-2-3-4-5-6-7/h2,5-6H,1,3-4H2/b6-5-. The largest absolute Gasteiger partial charge is 0.103 e. The molecule has 7 heavy (non-hydrogen) atoms. The van der Waals surface area contributed by atoms with Gasteiger partial charge in [-0.25, -0.2) is 0 Å². The number of rotatable bonds is 3. The van der Waals surface area contributed by atoms with E-state index in [1.165, 1.54) is 5.54 Å². The maximum Gasteiger partial charge on any atom is 0.000256 e. The Bertz CT molecular complexity index is 64.6. The van der Waals surface area contributed by atoms with Crippen LogP contribution in [0.15, 0.2) is 24.3 Å². The molecule has 40 valence electrons. The third-order valence-corrected chi connectivity index (χ3v) is 0.805. The van der Waals surface area contributed by atoms with Crippen LogP contribution in [0.4, 0.5) is 0 Å². The molecule has 0 rings (SSSR count). The first kappa shape index (κ1) is 6.77. The fraction of sp³-hybridized carbons (Fsp3) is 0.333. The SMILES string of the molecule is C=CCC/C=C\Cl. The van der Waals surface area contributed by atoms with Crippen LogP contribution in [0.25, 0.3) is 0 Å². The molecule has 0 N–H and O–H groups in total. The Labute approximate surface area is 49.5 Å². The molecule has 0 aliphatic carbocycles. The molecule has 0 atom stereocenters. The van der Waals surface area contributed by atoms with Gasteiger partial charge < -0.3 is 0 Å². The van der Waals surface area contributed by atoms with Gasteiger partial charge in [-0.3, -0.25) is 0 Å². The van der Waals surface area contributed by atoms with Gasteiger partial charge in [-0.2, -0.15) is 0 Å². The molecule has 0 saturated heterocycles. The van der Waals surface area contributed by atoms with Crippen LogP contribution in [0.1, 0.15) is 12.8 Å². The zero-order valence-corrected chi connectivity index (χ0v) is 4.99. The van der Waals surface area contributed by atoms with Crippen molar-refractivity contribution in [3.63, 3.8) is 0 Å². The molecular formula is C6H9Cl. The Morgan fingerprint density at radius 1 is 1.43 bits per heavy atom. The Hall–Kier alpha value is -0.230. The molecule has 0 unspecified atom stereocenters. The second-order valence-corrected chi connectivity index (χ2v) is 1.48. The Balaban J connectivity index is 2.82. The van der Waals surface area contributed by atoms with E-state index in [1.54, 1.807) is 0 Å². The van der Waals surface area contributed by atoms with Crippen molar-refractivity contribution >= 4 is 11.6 Å². The smallest absolute Gasteiger partial charge is 0.000256 e. The summed E-state index contributed by atoms with van der Waals surface area (Å²) in [5.74, 6) is 0. The molecule has 0 saturated carbocycles. The first-order valence-electron chi connectivity index (χ1n) is 2.28. The summed E-state index contributed by atoms with van der Waals surface area (Å²) in [4.78, 5) is 0. The zero-order valence-electron chi connectivity index (χ0n) is 4.23. The van der Waals surface area contributed by atoms with E-state index in [-0.39, 0.29) is 0 Å². The lowest BCUT2D eigenvalue weighted by Gasteiger charge is -1.78. The van der Waals surface area contributed by atoms with E-state index in [2.05, 4.69) is 6.58 Å². The molecule has 0 aromatic rings. The Kier molecular flexibility index (Phi) is 5.58. The van der Waals surface area contributed by atoms with E-state index in [0.717, 1.165) is 12.8 Å². The average Bonchev–Trinajstić information content (AvgIpc) is 1.69. The molecule has 0 spiro atoms. The lowest BCUT2D eigenvalue weighted by atomic mass is 10.3. The van der Waals surface area contributed by atoms with Crippen LogP contribution in [0, 0.1) is 0 Å². The number of hydrogen-bond donors (Lipinski definition) is 0. The van der Waals surface area contributed by atoms with Gasteiger partial charge in [0.1, 0.15) is 0 Å². The highest BCUT2D eigenvalue weighted by Crippen LogP contribution is 1.91. The number of hydrogen-bond acceptors (Lipinski definition) is 0. The topological polar surface area (TPSA) is 0 Å². The molecule has 0 heterocycles. The van der Waals surface area contributed by atoms with Crippen LogP contribution in [-0.2, 0) is 0 Å². The maximum absolute atomic E-state index is 5.22. The maximum atomic E-state index is 5.22. The van der Waals surface area contributed by atoms with Crippen molar-refractivity contribution in [3.8, 4) is 0 Å². The van der Waals surface area contributed by atoms with Crippen molar-refractivity contribution in [1.29, 1.82) is 0 Å². The highest BCUT2D eigenvalue weighted by Gasteiger charge is 1.69. The minimum atomic E-state index is 1.01. The van der Waals surface area contributed by atoms with Gasteiger partial charge in [0.2, 0.25) is 0 Å². The summed E-state index contributed by atoms with van der Waals surface area (Å²) in [6.07, 6.45) is 5.80. The summed E-state index contributed by atoms with van der Waals surface area (Å²) in [6, 6.07) is 0. The monoisotopic (exact) mass is 116 g/mol.